The molecule has 2 aromatic carbocycles. The molecule has 1 N–H and O–H groups in total. The molecule has 1 aromatic heterocycles. The number of rotatable bonds is 6. The summed E-state index contributed by atoms with van der Waals surface area (Å²) in [7, 11) is -3.56. The smallest absolute Gasteiger partial charge is 0.270 e. The lowest BCUT2D eigenvalue weighted by Gasteiger charge is -2.31. The van der Waals surface area contributed by atoms with Gasteiger partial charge in [-0.2, -0.15) is 4.31 Å². The molecule has 0 saturated carbocycles. The van der Waals surface area contributed by atoms with E-state index in [2.05, 4.69) is 10.3 Å². The van der Waals surface area contributed by atoms with Crippen molar-refractivity contribution in [3.05, 3.63) is 71.8 Å². The summed E-state index contributed by atoms with van der Waals surface area (Å²) in [6.07, 6.45) is 4.38. The maximum Gasteiger partial charge on any atom is 0.270 e. The first-order chi connectivity index (χ1) is 15.8. The van der Waals surface area contributed by atoms with Crippen molar-refractivity contribution in [3.63, 3.8) is 0 Å². The third kappa shape index (κ3) is 4.97. The van der Waals surface area contributed by atoms with Gasteiger partial charge in [0.1, 0.15) is 11.5 Å². The number of hydrogen-bond acceptors (Lipinski definition) is 5. The fourth-order valence-corrected chi connectivity index (χ4v) is 5.85. The molecule has 4 rings (SSSR count). The van der Waals surface area contributed by atoms with E-state index in [4.69, 9.17) is 0 Å². The maximum atomic E-state index is 13.4. The van der Waals surface area contributed by atoms with Gasteiger partial charge >= 0.3 is 0 Å². The average Bonchev–Trinajstić information content (AvgIpc) is 3.24. The number of thioether (sulfide) groups is 1. The van der Waals surface area contributed by atoms with Crippen LogP contribution in [0.15, 0.2) is 64.8 Å². The molecule has 0 bridgehead atoms. The lowest BCUT2D eigenvalue weighted by molar-refractivity contribution is 0.0916. The number of hydrogen-bond donors (Lipinski definition) is 1. The molecule has 0 unspecified atom stereocenters. The molecule has 2 heterocycles. The minimum atomic E-state index is -3.56. The first kappa shape index (κ1) is 23.5. The molecule has 33 heavy (non-hydrogen) atoms. The number of carbonyl (C=O) groups is 1. The van der Waals surface area contributed by atoms with Crippen molar-refractivity contribution in [1.29, 1.82) is 0 Å². The van der Waals surface area contributed by atoms with Crippen LogP contribution >= 0.6 is 11.8 Å². The molecule has 0 aliphatic carbocycles. The predicted octanol–water partition coefficient (Wildman–Crippen LogP) is 3.62. The second-order valence-electron chi connectivity index (χ2n) is 7.91. The Morgan fingerprint density at radius 1 is 1.09 bits per heavy atom. The van der Waals surface area contributed by atoms with Gasteiger partial charge in [-0.15, -0.1) is 0 Å². The van der Waals surface area contributed by atoms with Crippen molar-refractivity contribution in [2.24, 2.45) is 0 Å². The van der Waals surface area contributed by atoms with Crippen molar-refractivity contribution in [1.82, 2.24) is 19.2 Å². The van der Waals surface area contributed by atoms with Crippen LogP contribution in [0, 0.1) is 12.7 Å². The zero-order chi connectivity index (χ0) is 23.6. The molecular formula is C23H25FN4O3S2. The summed E-state index contributed by atoms with van der Waals surface area (Å²) >= 11 is 1.39. The van der Waals surface area contributed by atoms with E-state index >= 15 is 0 Å². The Balaban J connectivity index is 1.44. The third-order valence-corrected chi connectivity index (χ3v) is 8.24. The van der Waals surface area contributed by atoms with Crippen LogP contribution in [0.3, 0.4) is 0 Å². The Hall–Kier alpha value is -2.69. The molecule has 0 radical (unpaired) electrons. The molecule has 1 fully saturated rings. The zero-order valence-corrected chi connectivity index (χ0v) is 20.0. The van der Waals surface area contributed by atoms with Crippen LogP contribution in [0.4, 0.5) is 4.39 Å². The molecule has 174 valence electrons. The molecule has 1 saturated heterocycles. The lowest BCUT2D eigenvalue weighted by atomic mass is 10.1. The first-order valence-electron chi connectivity index (χ1n) is 10.5. The van der Waals surface area contributed by atoms with Gasteiger partial charge in [0.2, 0.25) is 10.0 Å². The van der Waals surface area contributed by atoms with E-state index in [1.54, 1.807) is 41.0 Å². The molecule has 7 nitrogen and oxygen atoms in total. The van der Waals surface area contributed by atoms with E-state index in [0.717, 1.165) is 5.56 Å². The van der Waals surface area contributed by atoms with E-state index in [9.17, 15) is 17.6 Å². The maximum absolute atomic E-state index is 13.4. The highest BCUT2D eigenvalue weighted by atomic mass is 32.2. The second-order valence-corrected chi connectivity index (χ2v) is 10.6. The third-order valence-electron chi connectivity index (χ3n) is 5.68. The van der Waals surface area contributed by atoms with Crippen molar-refractivity contribution < 1.29 is 17.6 Å². The quantitative estimate of drug-likeness (QED) is 0.536. The minimum absolute atomic E-state index is 0.156. The molecule has 1 aliphatic rings. The summed E-state index contributed by atoms with van der Waals surface area (Å²) in [5, 5.41) is 3.63. The van der Waals surface area contributed by atoms with Gasteiger partial charge in [-0.25, -0.2) is 17.8 Å². The number of aromatic nitrogens is 2. The van der Waals surface area contributed by atoms with Crippen LogP contribution in [0.1, 0.15) is 28.9 Å². The topological polar surface area (TPSA) is 84.3 Å². The highest BCUT2D eigenvalue weighted by Gasteiger charge is 2.30. The molecule has 1 amide bonds. The fourth-order valence-electron chi connectivity index (χ4n) is 3.84. The summed E-state index contributed by atoms with van der Waals surface area (Å²) in [5.41, 5.74) is 1.99. The van der Waals surface area contributed by atoms with E-state index < -0.39 is 10.0 Å². The monoisotopic (exact) mass is 488 g/mol. The Kier molecular flexibility index (Phi) is 6.87. The summed E-state index contributed by atoms with van der Waals surface area (Å²) in [4.78, 5) is 17.6. The number of nitrogens with zero attached hydrogens (tertiary/aromatic N) is 3. The normalized spacial score (nSPS) is 15.5. The fraction of sp³-hybridized carbons (Fsp3) is 0.304. The highest BCUT2D eigenvalue weighted by Crippen LogP contribution is 2.24. The van der Waals surface area contributed by atoms with Gasteiger partial charge in [-0.05, 0) is 62.4 Å². The molecule has 0 spiro atoms. The number of sulfonamides is 1. The van der Waals surface area contributed by atoms with Crippen molar-refractivity contribution in [2.75, 3.05) is 19.3 Å². The summed E-state index contributed by atoms with van der Waals surface area (Å²) in [5.74, 6) is -0.658. The van der Waals surface area contributed by atoms with Crippen LogP contribution in [0.25, 0.3) is 5.69 Å². The largest absolute Gasteiger partial charge is 0.348 e. The number of halogens is 1. The average molecular weight is 489 g/mol. The van der Waals surface area contributed by atoms with Crippen LogP contribution in [-0.4, -0.2) is 53.6 Å². The lowest BCUT2D eigenvalue weighted by Crippen LogP contribution is -2.46. The molecular weight excluding hydrogens is 463 g/mol. The Labute approximate surface area is 197 Å². The predicted molar refractivity (Wildman–Crippen MR) is 126 cm³/mol. The Morgan fingerprint density at radius 3 is 2.33 bits per heavy atom. The van der Waals surface area contributed by atoms with Gasteiger partial charge in [0.25, 0.3) is 5.91 Å². The van der Waals surface area contributed by atoms with Crippen molar-refractivity contribution in [3.8, 4) is 5.69 Å². The summed E-state index contributed by atoms with van der Waals surface area (Å²) in [6.45, 7) is 2.57. The van der Waals surface area contributed by atoms with Gasteiger partial charge in [-0.3, -0.25) is 9.36 Å². The van der Waals surface area contributed by atoms with Crippen LogP contribution in [0.5, 0.6) is 0 Å². The number of piperidine rings is 1. The molecule has 10 heteroatoms. The van der Waals surface area contributed by atoms with E-state index in [0.29, 0.717) is 42.5 Å². The number of aryl methyl sites for hydroxylation is 1. The van der Waals surface area contributed by atoms with Crippen molar-refractivity contribution >= 4 is 27.7 Å². The van der Waals surface area contributed by atoms with Crippen molar-refractivity contribution in [2.45, 2.75) is 35.9 Å². The van der Waals surface area contributed by atoms with Crippen LogP contribution in [0.2, 0.25) is 0 Å². The van der Waals surface area contributed by atoms with E-state index in [-0.39, 0.29) is 22.7 Å². The Morgan fingerprint density at radius 2 is 1.73 bits per heavy atom. The van der Waals surface area contributed by atoms with Gasteiger partial charge in [0.05, 0.1) is 11.1 Å². The summed E-state index contributed by atoms with van der Waals surface area (Å²) in [6, 6.07) is 12.5. The van der Waals surface area contributed by atoms with Gasteiger partial charge in [0, 0.05) is 24.8 Å². The number of nitrogens with one attached hydrogen (secondary N) is 1. The first-order valence-corrected chi connectivity index (χ1v) is 13.2. The number of carbonyl (C=O) groups excluding carboxylic acids is 1. The Bertz CT molecular complexity index is 1230. The van der Waals surface area contributed by atoms with E-state index in [1.807, 2.05) is 13.2 Å². The number of amides is 1. The molecule has 1 aliphatic heterocycles. The van der Waals surface area contributed by atoms with E-state index in [1.165, 1.54) is 34.4 Å². The van der Waals surface area contributed by atoms with Crippen LogP contribution in [-0.2, 0) is 10.0 Å². The molecule has 0 atom stereocenters. The van der Waals surface area contributed by atoms with Gasteiger partial charge < -0.3 is 5.32 Å². The minimum Gasteiger partial charge on any atom is -0.348 e. The SMILES string of the molecule is CSc1ncc(C(=O)NC2CCN(S(=O)(=O)c3ccc(C)cc3)CC2)n1-c1ccc(F)cc1. The zero-order valence-electron chi connectivity index (χ0n) is 18.4. The van der Waals surface area contributed by atoms with Crippen LogP contribution < -0.4 is 5.32 Å². The second kappa shape index (κ2) is 9.66. The van der Waals surface area contributed by atoms with Gasteiger partial charge in [-0.1, -0.05) is 29.5 Å². The number of imidazole rings is 1. The summed E-state index contributed by atoms with van der Waals surface area (Å²) < 4.78 is 42.3. The van der Waals surface area contributed by atoms with Gasteiger partial charge in [0.15, 0.2) is 5.16 Å². The standard InChI is InChI=1S/C23H25FN4O3S2/c1-16-3-9-20(10-4-16)33(30,31)27-13-11-18(12-14-27)26-22(29)21-15-25-23(32-2)28(21)19-7-5-17(24)6-8-19/h3-10,15,18H,11-14H2,1-2H3,(H,26,29). The highest BCUT2D eigenvalue weighted by molar-refractivity contribution is 7.98. The molecule has 3 aromatic rings. The number of benzene rings is 2.